The first-order chi connectivity index (χ1) is 8.72. The van der Waals surface area contributed by atoms with Crippen molar-refractivity contribution in [3.05, 3.63) is 50.1 Å². The fourth-order valence-electron chi connectivity index (χ4n) is 1.69. The molecule has 0 bridgehead atoms. The van der Waals surface area contributed by atoms with E-state index >= 15 is 0 Å². The maximum Gasteiger partial charge on any atom is 0.124 e. The van der Waals surface area contributed by atoms with E-state index in [1.165, 1.54) is 9.75 Å². The van der Waals surface area contributed by atoms with Gasteiger partial charge in [0.1, 0.15) is 12.4 Å². The monoisotopic (exact) mass is 325 g/mol. The van der Waals surface area contributed by atoms with Crippen LogP contribution in [0.15, 0.2) is 34.8 Å². The summed E-state index contributed by atoms with van der Waals surface area (Å²) in [6.45, 7) is 3.26. The molecule has 0 unspecified atom stereocenters. The Hall–Kier alpha value is -0.840. The Morgan fingerprint density at radius 1 is 1.22 bits per heavy atom. The summed E-state index contributed by atoms with van der Waals surface area (Å²) in [6, 6.07) is 10.2. The predicted octanol–water partition coefficient (Wildman–Crippen LogP) is 4.11. The fraction of sp³-hybridized carbons (Fsp3) is 0.286. The molecule has 4 heteroatoms. The predicted molar refractivity (Wildman–Crippen MR) is 80.1 cm³/mol. The van der Waals surface area contributed by atoms with Crippen LogP contribution in [0.5, 0.6) is 5.75 Å². The van der Waals surface area contributed by atoms with E-state index in [1.54, 1.807) is 11.3 Å². The van der Waals surface area contributed by atoms with Crippen molar-refractivity contribution in [2.24, 2.45) is 5.73 Å². The molecule has 2 N–H and O–H groups in total. The molecule has 0 fully saturated rings. The molecule has 0 spiro atoms. The largest absolute Gasteiger partial charge is 0.488 e. The minimum atomic E-state index is 0.486. The van der Waals surface area contributed by atoms with Gasteiger partial charge in [0, 0.05) is 26.3 Å². The highest BCUT2D eigenvalue weighted by atomic mass is 79.9. The summed E-state index contributed by atoms with van der Waals surface area (Å²) in [7, 11) is 0. The molecule has 18 heavy (non-hydrogen) atoms. The zero-order chi connectivity index (χ0) is 13.0. The molecule has 1 aromatic heterocycles. The topological polar surface area (TPSA) is 35.2 Å². The van der Waals surface area contributed by atoms with Crippen LogP contribution in [0.4, 0.5) is 0 Å². The molecule has 1 aromatic carbocycles. The number of benzene rings is 1. The second-order valence-electron chi connectivity index (χ2n) is 3.97. The average Bonchev–Trinajstić information content (AvgIpc) is 2.85. The highest BCUT2D eigenvalue weighted by molar-refractivity contribution is 9.10. The minimum Gasteiger partial charge on any atom is -0.488 e. The maximum absolute atomic E-state index is 5.84. The molecule has 1 heterocycles. The maximum atomic E-state index is 5.84. The van der Waals surface area contributed by atoms with Crippen molar-refractivity contribution in [1.29, 1.82) is 0 Å². The summed E-state index contributed by atoms with van der Waals surface area (Å²) in [5, 5.41) is 0. The Balaban J connectivity index is 2.05. The smallest absolute Gasteiger partial charge is 0.124 e. The van der Waals surface area contributed by atoms with Crippen molar-refractivity contribution in [3.63, 3.8) is 0 Å². The van der Waals surface area contributed by atoms with Crippen LogP contribution in [0, 0.1) is 0 Å². The Morgan fingerprint density at radius 3 is 2.67 bits per heavy atom. The Bertz CT molecular complexity index is 524. The van der Waals surface area contributed by atoms with Gasteiger partial charge in [-0.15, -0.1) is 11.3 Å². The van der Waals surface area contributed by atoms with Crippen LogP contribution in [0.2, 0.25) is 0 Å². The normalized spacial score (nSPS) is 10.6. The summed E-state index contributed by atoms with van der Waals surface area (Å²) >= 11 is 5.24. The molecule has 0 aliphatic heterocycles. The summed E-state index contributed by atoms with van der Waals surface area (Å²) < 4.78 is 6.86. The van der Waals surface area contributed by atoms with E-state index < -0.39 is 0 Å². The highest BCUT2D eigenvalue weighted by Gasteiger charge is 2.05. The van der Waals surface area contributed by atoms with Gasteiger partial charge in [-0.3, -0.25) is 0 Å². The van der Waals surface area contributed by atoms with E-state index in [0.29, 0.717) is 13.2 Å². The third kappa shape index (κ3) is 3.34. The molecule has 0 amide bonds. The molecular weight excluding hydrogens is 310 g/mol. The van der Waals surface area contributed by atoms with Crippen LogP contribution in [0.3, 0.4) is 0 Å². The van der Waals surface area contributed by atoms with Gasteiger partial charge in [0.25, 0.3) is 0 Å². The number of ether oxygens (including phenoxy) is 1. The van der Waals surface area contributed by atoms with E-state index in [1.807, 2.05) is 18.2 Å². The van der Waals surface area contributed by atoms with Crippen molar-refractivity contribution in [2.45, 2.75) is 26.5 Å². The molecule has 96 valence electrons. The zero-order valence-corrected chi connectivity index (χ0v) is 12.7. The molecule has 2 rings (SSSR count). The molecule has 0 atom stereocenters. The molecule has 0 aliphatic rings. The van der Waals surface area contributed by atoms with Crippen molar-refractivity contribution >= 4 is 27.3 Å². The molecule has 0 saturated carbocycles. The second kappa shape index (κ2) is 6.36. The number of thiophene rings is 1. The molecule has 0 saturated heterocycles. The molecular formula is C14H16BrNOS. The van der Waals surface area contributed by atoms with Gasteiger partial charge in [-0.2, -0.15) is 0 Å². The lowest BCUT2D eigenvalue weighted by Crippen LogP contribution is -2.02. The molecule has 2 nitrogen and oxygen atoms in total. The quantitative estimate of drug-likeness (QED) is 0.897. The van der Waals surface area contributed by atoms with Crippen molar-refractivity contribution in [3.8, 4) is 5.75 Å². The van der Waals surface area contributed by atoms with Crippen LogP contribution < -0.4 is 10.5 Å². The third-order valence-electron chi connectivity index (χ3n) is 2.68. The lowest BCUT2D eigenvalue weighted by atomic mass is 10.2. The standard InChI is InChI=1S/C14H16BrNOS/c1-2-12-4-5-13(18-12)9-17-14-6-3-11(15)7-10(14)8-16/h3-7H,2,8-9,16H2,1H3. The van der Waals surface area contributed by atoms with Gasteiger partial charge in [-0.1, -0.05) is 22.9 Å². The van der Waals surface area contributed by atoms with Crippen LogP contribution in [-0.2, 0) is 19.6 Å². The van der Waals surface area contributed by atoms with Crippen LogP contribution in [0.1, 0.15) is 22.2 Å². The number of aryl methyl sites for hydroxylation is 1. The van der Waals surface area contributed by atoms with E-state index in [9.17, 15) is 0 Å². The van der Waals surface area contributed by atoms with E-state index in [4.69, 9.17) is 10.5 Å². The van der Waals surface area contributed by atoms with E-state index in [-0.39, 0.29) is 0 Å². The van der Waals surface area contributed by atoms with Crippen LogP contribution >= 0.6 is 27.3 Å². The SMILES string of the molecule is CCc1ccc(COc2ccc(Br)cc2CN)s1. The molecule has 0 radical (unpaired) electrons. The number of nitrogens with two attached hydrogens (primary N) is 1. The number of hydrogen-bond acceptors (Lipinski definition) is 3. The van der Waals surface area contributed by atoms with E-state index in [0.717, 1.165) is 22.2 Å². The van der Waals surface area contributed by atoms with Crippen LogP contribution in [-0.4, -0.2) is 0 Å². The van der Waals surface area contributed by atoms with Gasteiger partial charge in [0.05, 0.1) is 0 Å². The number of rotatable bonds is 5. The summed E-state index contributed by atoms with van der Waals surface area (Å²) in [5.74, 6) is 0.868. The number of hydrogen-bond donors (Lipinski definition) is 1. The second-order valence-corrected chi connectivity index (χ2v) is 6.13. The minimum absolute atomic E-state index is 0.486. The Labute approximate surface area is 120 Å². The van der Waals surface area contributed by atoms with E-state index in [2.05, 4.69) is 35.0 Å². The summed E-state index contributed by atoms with van der Waals surface area (Å²) in [6.07, 6.45) is 1.08. The first-order valence-electron chi connectivity index (χ1n) is 5.91. The number of halogens is 1. The zero-order valence-electron chi connectivity index (χ0n) is 10.3. The lowest BCUT2D eigenvalue weighted by molar-refractivity contribution is 0.306. The van der Waals surface area contributed by atoms with Crippen molar-refractivity contribution in [2.75, 3.05) is 0 Å². The first kappa shape index (κ1) is 13.6. The van der Waals surface area contributed by atoms with Gasteiger partial charge in [0.2, 0.25) is 0 Å². The molecule has 2 aromatic rings. The van der Waals surface area contributed by atoms with Gasteiger partial charge >= 0.3 is 0 Å². The van der Waals surface area contributed by atoms with Gasteiger partial charge < -0.3 is 10.5 Å². The Morgan fingerprint density at radius 2 is 2.00 bits per heavy atom. The van der Waals surface area contributed by atoms with Gasteiger partial charge in [-0.05, 0) is 36.8 Å². The van der Waals surface area contributed by atoms with Crippen molar-refractivity contribution < 1.29 is 4.74 Å². The van der Waals surface area contributed by atoms with Crippen LogP contribution in [0.25, 0.3) is 0 Å². The molecule has 0 aliphatic carbocycles. The van der Waals surface area contributed by atoms with Gasteiger partial charge in [0.15, 0.2) is 0 Å². The highest BCUT2D eigenvalue weighted by Crippen LogP contribution is 2.25. The summed E-state index contributed by atoms with van der Waals surface area (Å²) in [4.78, 5) is 2.64. The average molecular weight is 326 g/mol. The first-order valence-corrected chi connectivity index (χ1v) is 7.52. The van der Waals surface area contributed by atoms with Crippen molar-refractivity contribution in [1.82, 2.24) is 0 Å². The fourth-order valence-corrected chi connectivity index (χ4v) is 2.97. The van der Waals surface area contributed by atoms with Gasteiger partial charge in [-0.25, -0.2) is 0 Å². The lowest BCUT2D eigenvalue weighted by Gasteiger charge is -2.09. The third-order valence-corrected chi connectivity index (χ3v) is 4.37. The Kier molecular flexibility index (Phi) is 4.80. The summed E-state index contributed by atoms with van der Waals surface area (Å²) in [5.41, 5.74) is 6.74.